The Morgan fingerprint density at radius 2 is 2.05 bits per heavy atom. The van der Waals surface area contributed by atoms with Gasteiger partial charge >= 0.3 is 16.4 Å². The van der Waals surface area contributed by atoms with E-state index in [0.717, 1.165) is 11.1 Å². The molecular weight excluding hydrogens is 306 g/mol. The normalized spacial score (nSPS) is 23.3. The highest BCUT2D eigenvalue weighted by molar-refractivity contribution is 7.85. The van der Waals surface area contributed by atoms with Gasteiger partial charge in [0.2, 0.25) is 0 Å². The molecule has 1 amide bonds. The summed E-state index contributed by atoms with van der Waals surface area (Å²) in [6.45, 7) is 7.06. The van der Waals surface area contributed by atoms with Crippen molar-refractivity contribution in [3.8, 4) is 0 Å². The van der Waals surface area contributed by atoms with Crippen molar-refractivity contribution < 1.29 is 22.1 Å². The second-order valence-electron chi connectivity index (χ2n) is 5.66. The average Bonchev–Trinajstić information content (AvgIpc) is 2.66. The van der Waals surface area contributed by atoms with Crippen molar-refractivity contribution in [3.63, 3.8) is 0 Å². The van der Waals surface area contributed by atoms with Crippen molar-refractivity contribution in [1.82, 2.24) is 4.31 Å². The number of carbonyl (C=O) groups excluding carboxylic acids is 1. The largest absolute Gasteiger partial charge is 0.444 e. The highest BCUT2D eigenvalue weighted by Gasteiger charge is 2.52. The standard InChI is InChI=1S/C15H19NO5S/c1-12(2)9-15(3)11-21-22(18,19)16(15)14(17)20-10-13-7-5-4-6-8-13/h4-8H,1,9-11H2,2-3H3. The summed E-state index contributed by atoms with van der Waals surface area (Å²) in [5.74, 6) is 0. The number of amides is 1. The van der Waals surface area contributed by atoms with Crippen molar-refractivity contribution in [3.05, 3.63) is 48.0 Å². The maximum Gasteiger partial charge on any atom is 0.426 e. The van der Waals surface area contributed by atoms with Gasteiger partial charge in [-0.3, -0.25) is 4.18 Å². The molecule has 120 valence electrons. The Kier molecular flexibility index (Phi) is 4.58. The third kappa shape index (κ3) is 3.48. The quantitative estimate of drug-likeness (QED) is 0.796. The first-order valence-electron chi connectivity index (χ1n) is 6.79. The zero-order chi connectivity index (χ0) is 16.4. The molecule has 1 aliphatic heterocycles. The molecule has 2 rings (SSSR count). The zero-order valence-electron chi connectivity index (χ0n) is 12.6. The van der Waals surface area contributed by atoms with Crippen LogP contribution in [-0.2, 0) is 25.8 Å². The van der Waals surface area contributed by atoms with Crippen LogP contribution in [0.2, 0.25) is 0 Å². The Labute approximate surface area is 130 Å². The smallest absolute Gasteiger partial charge is 0.426 e. The van der Waals surface area contributed by atoms with E-state index in [2.05, 4.69) is 6.58 Å². The van der Waals surface area contributed by atoms with Crippen LogP contribution in [0, 0.1) is 0 Å². The fraction of sp³-hybridized carbons (Fsp3) is 0.400. The number of benzene rings is 1. The van der Waals surface area contributed by atoms with E-state index < -0.39 is 21.9 Å². The van der Waals surface area contributed by atoms with Crippen LogP contribution < -0.4 is 0 Å². The minimum atomic E-state index is -4.13. The van der Waals surface area contributed by atoms with Crippen molar-refractivity contribution >= 4 is 16.4 Å². The molecule has 1 fully saturated rings. The summed E-state index contributed by atoms with van der Waals surface area (Å²) in [5.41, 5.74) is 0.511. The van der Waals surface area contributed by atoms with Gasteiger partial charge in [0.1, 0.15) is 6.61 Å². The first-order chi connectivity index (χ1) is 10.2. The van der Waals surface area contributed by atoms with Gasteiger partial charge in [-0.25, -0.2) is 4.79 Å². The molecule has 22 heavy (non-hydrogen) atoms. The molecule has 0 aromatic heterocycles. The van der Waals surface area contributed by atoms with Crippen LogP contribution in [0.3, 0.4) is 0 Å². The van der Waals surface area contributed by atoms with Gasteiger partial charge in [-0.15, -0.1) is 6.58 Å². The molecule has 0 aliphatic carbocycles. The molecule has 1 heterocycles. The number of ether oxygens (including phenoxy) is 1. The third-order valence-corrected chi connectivity index (χ3v) is 4.74. The molecule has 0 N–H and O–H groups in total. The van der Waals surface area contributed by atoms with E-state index in [-0.39, 0.29) is 13.2 Å². The van der Waals surface area contributed by atoms with Crippen LogP contribution in [-0.4, -0.2) is 31.0 Å². The fourth-order valence-corrected chi connectivity index (χ4v) is 3.85. The van der Waals surface area contributed by atoms with Gasteiger partial charge in [-0.2, -0.15) is 12.7 Å². The molecular formula is C15H19NO5S. The van der Waals surface area contributed by atoms with Gasteiger partial charge in [0.15, 0.2) is 0 Å². The van der Waals surface area contributed by atoms with Gasteiger partial charge in [-0.05, 0) is 25.8 Å². The summed E-state index contributed by atoms with van der Waals surface area (Å²) >= 11 is 0. The van der Waals surface area contributed by atoms with Crippen molar-refractivity contribution in [1.29, 1.82) is 0 Å². The lowest BCUT2D eigenvalue weighted by Gasteiger charge is -2.30. The SMILES string of the molecule is C=C(C)CC1(C)COS(=O)(=O)N1C(=O)OCc1ccccc1. The van der Waals surface area contributed by atoms with Crippen LogP contribution in [0.5, 0.6) is 0 Å². The highest BCUT2D eigenvalue weighted by atomic mass is 32.2. The molecule has 1 aliphatic rings. The lowest BCUT2D eigenvalue weighted by Crippen LogP contribution is -2.48. The Balaban J connectivity index is 2.15. The fourth-order valence-electron chi connectivity index (χ4n) is 2.45. The van der Waals surface area contributed by atoms with E-state index in [1.54, 1.807) is 26.0 Å². The number of hydrogen-bond acceptors (Lipinski definition) is 5. The van der Waals surface area contributed by atoms with E-state index in [9.17, 15) is 13.2 Å². The lowest BCUT2D eigenvalue weighted by molar-refractivity contribution is 0.0953. The summed E-state index contributed by atoms with van der Waals surface area (Å²) in [7, 11) is -4.13. The van der Waals surface area contributed by atoms with Crippen LogP contribution in [0.25, 0.3) is 0 Å². The van der Waals surface area contributed by atoms with Gasteiger partial charge in [0, 0.05) is 0 Å². The molecule has 0 bridgehead atoms. The van der Waals surface area contributed by atoms with Crippen molar-refractivity contribution in [2.45, 2.75) is 32.4 Å². The average molecular weight is 325 g/mol. The van der Waals surface area contributed by atoms with Gasteiger partial charge in [0.05, 0.1) is 12.1 Å². The number of rotatable bonds is 4. The molecule has 7 heteroatoms. The first-order valence-corrected chi connectivity index (χ1v) is 8.16. The van der Waals surface area contributed by atoms with E-state index >= 15 is 0 Å². The summed E-state index contributed by atoms with van der Waals surface area (Å²) in [5, 5.41) is 0. The summed E-state index contributed by atoms with van der Waals surface area (Å²) in [4.78, 5) is 12.2. The number of hydrogen-bond donors (Lipinski definition) is 0. The predicted octanol–water partition coefficient (Wildman–Crippen LogP) is 2.63. The Morgan fingerprint density at radius 3 is 2.64 bits per heavy atom. The summed E-state index contributed by atoms with van der Waals surface area (Å²) < 4.78 is 34.6. The Bertz CT molecular complexity index is 670. The van der Waals surface area contributed by atoms with Gasteiger partial charge < -0.3 is 4.74 Å². The van der Waals surface area contributed by atoms with Crippen LogP contribution in [0.1, 0.15) is 25.8 Å². The molecule has 0 radical (unpaired) electrons. The van der Waals surface area contributed by atoms with E-state index in [1.807, 2.05) is 18.2 Å². The van der Waals surface area contributed by atoms with E-state index in [0.29, 0.717) is 10.7 Å². The maximum absolute atomic E-state index is 12.2. The molecule has 6 nitrogen and oxygen atoms in total. The second-order valence-corrected chi connectivity index (χ2v) is 7.11. The molecule has 1 unspecified atom stereocenters. The van der Waals surface area contributed by atoms with Gasteiger partial charge in [-0.1, -0.05) is 35.9 Å². The number of nitrogens with zero attached hydrogens (tertiary/aromatic N) is 1. The van der Waals surface area contributed by atoms with E-state index in [1.165, 1.54) is 0 Å². The lowest BCUT2D eigenvalue weighted by atomic mass is 9.95. The second kappa shape index (κ2) is 6.10. The van der Waals surface area contributed by atoms with Crippen molar-refractivity contribution in [2.24, 2.45) is 0 Å². The van der Waals surface area contributed by atoms with Gasteiger partial charge in [0.25, 0.3) is 0 Å². The summed E-state index contributed by atoms with van der Waals surface area (Å²) in [6, 6.07) is 9.03. The minimum Gasteiger partial charge on any atom is -0.444 e. The molecule has 1 aromatic carbocycles. The molecule has 1 aromatic rings. The zero-order valence-corrected chi connectivity index (χ0v) is 13.4. The minimum absolute atomic E-state index is 0.00511. The Hall–Kier alpha value is -1.86. The molecule has 0 spiro atoms. The Morgan fingerprint density at radius 1 is 1.41 bits per heavy atom. The maximum atomic E-state index is 12.2. The van der Waals surface area contributed by atoms with E-state index in [4.69, 9.17) is 8.92 Å². The van der Waals surface area contributed by atoms with Crippen LogP contribution >= 0.6 is 0 Å². The number of carbonyl (C=O) groups is 1. The van der Waals surface area contributed by atoms with Crippen molar-refractivity contribution in [2.75, 3.05) is 6.61 Å². The molecule has 1 saturated heterocycles. The third-order valence-electron chi connectivity index (χ3n) is 3.29. The highest BCUT2D eigenvalue weighted by Crippen LogP contribution is 2.34. The summed E-state index contributed by atoms with van der Waals surface area (Å²) in [6.07, 6.45) is -0.628. The molecule has 1 atom stereocenters. The van der Waals surface area contributed by atoms with Crippen LogP contribution in [0.4, 0.5) is 4.79 Å². The van der Waals surface area contributed by atoms with Crippen LogP contribution in [0.15, 0.2) is 42.5 Å². The topological polar surface area (TPSA) is 72.9 Å². The first kappa shape index (κ1) is 16.5. The monoisotopic (exact) mass is 325 g/mol. The molecule has 0 saturated carbocycles. The predicted molar refractivity (Wildman–Crippen MR) is 81.2 cm³/mol.